The third kappa shape index (κ3) is 18.0. The number of hydrogen-bond donors (Lipinski definition) is 2. The van der Waals surface area contributed by atoms with Crippen molar-refractivity contribution in [2.45, 2.75) is 129 Å². The molecule has 25 heavy (non-hydrogen) atoms. The molecular formula is C22H44O3. The van der Waals surface area contributed by atoms with Crippen LogP contribution in [0.5, 0.6) is 0 Å². The second kappa shape index (κ2) is 18.2. The summed E-state index contributed by atoms with van der Waals surface area (Å²) in [6.07, 6.45) is 19.6. The minimum atomic E-state index is -0.666. The van der Waals surface area contributed by atoms with E-state index in [-0.39, 0.29) is 6.10 Å². The largest absolute Gasteiger partial charge is 0.481 e. The molecule has 2 atom stereocenters. The van der Waals surface area contributed by atoms with Crippen LogP contribution < -0.4 is 0 Å². The molecule has 0 unspecified atom stereocenters. The van der Waals surface area contributed by atoms with Crippen LogP contribution in [0.4, 0.5) is 0 Å². The van der Waals surface area contributed by atoms with Crippen molar-refractivity contribution in [3.63, 3.8) is 0 Å². The number of carbonyl (C=O) groups is 1. The summed E-state index contributed by atoms with van der Waals surface area (Å²) in [7, 11) is 0. The smallest absolute Gasteiger partial charge is 0.303 e. The van der Waals surface area contributed by atoms with Gasteiger partial charge in [-0.05, 0) is 25.2 Å². The molecule has 150 valence electrons. The number of carboxylic acid groups (broad SMARTS) is 1. The molecule has 0 aliphatic rings. The number of hydrogen-bond acceptors (Lipinski definition) is 2. The second-order valence-electron chi connectivity index (χ2n) is 7.86. The zero-order valence-corrected chi connectivity index (χ0v) is 17.0. The number of aliphatic hydroxyl groups is 1. The van der Waals surface area contributed by atoms with Gasteiger partial charge in [0, 0.05) is 6.42 Å². The van der Waals surface area contributed by atoms with Gasteiger partial charge in [0.15, 0.2) is 0 Å². The van der Waals surface area contributed by atoms with Gasteiger partial charge in [-0.25, -0.2) is 0 Å². The summed E-state index contributed by atoms with van der Waals surface area (Å²) >= 11 is 0. The Morgan fingerprint density at radius 3 is 1.64 bits per heavy atom. The first-order valence-electron chi connectivity index (χ1n) is 11.0. The van der Waals surface area contributed by atoms with Gasteiger partial charge in [0.2, 0.25) is 0 Å². The highest BCUT2D eigenvalue weighted by atomic mass is 16.4. The van der Waals surface area contributed by atoms with E-state index in [4.69, 9.17) is 5.11 Å². The Kier molecular flexibility index (Phi) is 17.8. The number of rotatable bonds is 19. The van der Waals surface area contributed by atoms with E-state index in [1.807, 2.05) is 0 Å². The van der Waals surface area contributed by atoms with Crippen LogP contribution >= 0.6 is 0 Å². The Balaban J connectivity index is 3.24. The van der Waals surface area contributed by atoms with Crippen molar-refractivity contribution in [3.8, 4) is 0 Å². The van der Waals surface area contributed by atoms with E-state index < -0.39 is 5.97 Å². The summed E-state index contributed by atoms with van der Waals surface area (Å²) in [4.78, 5) is 10.4. The molecule has 2 N–H and O–H groups in total. The van der Waals surface area contributed by atoms with Crippen molar-refractivity contribution in [1.82, 2.24) is 0 Å². The zero-order valence-electron chi connectivity index (χ0n) is 17.0. The summed E-state index contributed by atoms with van der Waals surface area (Å²) in [5.41, 5.74) is 0. The van der Waals surface area contributed by atoms with Crippen molar-refractivity contribution >= 4 is 5.97 Å². The molecule has 0 fully saturated rings. The molecule has 3 nitrogen and oxygen atoms in total. The molecule has 0 radical (unpaired) electrons. The summed E-state index contributed by atoms with van der Waals surface area (Å²) < 4.78 is 0. The van der Waals surface area contributed by atoms with E-state index in [9.17, 15) is 9.90 Å². The molecule has 0 aliphatic heterocycles. The zero-order chi connectivity index (χ0) is 18.8. The summed E-state index contributed by atoms with van der Waals surface area (Å²) in [6, 6.07) is 0. The Labute approximate surface area is 156 Å². The van der Waals surface area contributed by atoms with Crippen molar-refractivity contribution in [1.29, 1.82) is 0 Å². The molecule has 0 saturated heterocycles. The van der Waals surface area contributed by atoms with E-state index >= 15 is 0 Å². The van der Waals surface area contributed by atoms with Gasteiger partial charge in [-0.1, -0.05) is 97.3 Å². The molecule has 0 aromatic carbocycles. The SMILES string of the molecule is CCCCC[C@@H](O)[C@H](C)CCCCCCCCCCCCCC(=O)O. The summed E-state index contributed by atoms with van der Waals surface area (Å²) in [6.45, 7) is 4.41. The van der Waals surface area contributed by atoms with E-state index in [2.05, 4.69) is 13.8 Å². The molecule has 0 heterocycles. The lowest BCUT2D eigenvalue weighted by Gasteiger charge is -2.18. The normalized spacial score (nSPS) is 13.7. The minimum Gasteiger partial charge on any atom is -0.481 e. The van der Waals surface area contributed by atoms with Crippen LogP contribution in [0.2, 0.25) is 0 Å². The topological polar surface area (TPSA) is 57.5 Å². The second-order valence-corrected chi connectivity index (χ2v) is 7.86. The Bertz CT molecular complexity index is 291. The van der Waals surface area contributed by atoms with Crippen LogP contribution in [-0.2, 0) is 4.79 Å². The van der Waals surface area contributed by atoms with Gasteiger partial charge in [-0.2, -0.15) is 0 Å². The number of aliphatic hydroxyl groups excluding tert-OH is 1. The molecular weight excluding hydrogens is 312 g/mol. The van der Waals surface area contributed by atoms with Gasteiger partial charge in [-0.3, -0.25) is 4.79 Å². The van der Waals surface area contributed by atoms with Gasteiger partial charge in [0.1, 0.15) is 0 Å². The van der Waals surface area contributed by atoms with Crippen molar-refractivity contribution in [3.05, 3.63) is 0 Å². The van der Waals surface area contributed by atoms with Crippen LogP contribution in [0.15, 0.2) is 0 Å². The minimum absolute atomic E-state index is 0.0953. The first kappa shape index (κ1) is 24.4. The fourth-order valence-electron chi connectivity index (χ4n) is 3.41. The number of unbranched alkanes of at least 4 members (excludes halogenated alkanes) is 12. The molecule has 0 amide bonds. The first-order chi connectivity index (χ1) is 12.1. The molecule has 3 heteroatoms. The summed E-state index contributed by atoms with van der Waals surface area (Å²) in [5.74, 6) is -0.210. The average Bonchev–Trinajstić information content (AvgIpc) is 2.58. The van der Waals surface area contributed by atoms with Crippen LogP contribution in [0.3, 0.4) is 0 Å². The molecule has 0 aromatic heterocycles. The molecule has 0 rings (SSSR count). The number of aliphatic carboxylic acids is 1. The van der Waals surface area contributed by atoms with E-state index in [1.165, 1.54) is 83.5 Å². The van der Waals surface area contributed by atoms with Crippen LogP contribution in [0.25, 0.3) is 0 Å². The molecule has 0 spiro atoms. The average molecular weight is 357 g/mol. The Morgan fingerprint density at radius 2 is 1.16 bits per heavy atom. The van der Waals surface area contributed by atoms with Crippen LogP contribution in [0.1, 0.15) is 123 Å². The maximum atomic E-state index is 10.4. The first-order valence-corrected chi connectivity index (χ1v) is 11.0. The third-order valence-corrected chi connectivity index (χ3v) is 5.31. The van der Waals surface area contributed by atoms with Crippen molar-refractivity contribution < 1.29 is 15.0 Å². The number of carboxylic acids is 1. The lowest BCUT2D eigenvalue weighted by Crippen LogP contribution is -2.17. The fraction of sp³-hybridized carbons (Fsp3) is 0.955. The third-order valence-electron chi connectivity index (χ3n) is 5.31. The predicted octanol–water partition coefficient (Wildman–Crippen LogP) is 6.72. The van der Waals surface area contributed by atoms with E-state index in [1.54, 1.807) is 0 Å². The Hall–Kier alpha value is -0.570. The highest BCUT2D eigenvalue weighted by Crippen LogP contribution is 2.19. The maximum Gasteiger partial charge on any atom is 0.303 e. The van der Waals surface area contributed by atoms with Gasteiger partial charge in [0.05, 0.1) is 6.10 Å². The van der Waals surface area contributed by atoms with Crippen molar-refractivity contribution in [2.24, 2.45) is 5.92 Å². The van der Waals surface area contributed by atoms with E-state index in [0.29, 0.717) is 12.3 Å². The highest BCUT2D eigenvalue weighted by Gasteiger charge is 2.12. The van der Waals surface area contributed by atoms with Gasteiger partial charge in [0.25, 0.3) is 0 Å². The van der Waals surface area contributed by atoms with Crippen molar-refractivity contribution in [2.75, 3.05) is 0 Å². The highest BCUT2D eigenvalue weighted by molar-refractivity contribution is 5.66. The molecule has 0 aliphatic carbocycles. The molecule has 0 bridgehead atoms. The maximum absolute atomic E-state index is 10.4. The van der Waals surface area contributed by atoms with Crippen LogP contribution in [0, 0.1) is 5.92 Å². The fourth-order valence-corrected chi connectivity index (χ4v) is 3.41. The monoisotopic (exact) mass is 356 g/mol. The lowest BCUT2D eigenvalue weighted by molar-refractivity contribution is -0.137. The molecule has 0 aromatic rings. The van der Waals surface area contributed by atoms with E-state index in [0.717, 1.165) is 19.3 Å². The predicted molar refractivity (Wildman–Crippen MR) is 107 cm³/mol. The van der Waals surface area contributed by atoms with Gasteiger partial charge in [-0.15, -0.1) is 0 Å². The van der Waals surface area contributed by atoms with Gasteiger partial charge >= 0.3 is 5.97 Å². The van der Waals surface area contributed by atoms with Crippen LogP contribution in [-0.4, -0.2) is 22.3 Å². The lowest BCUT2D eigenvalue weighted by atomic mass is 9.93. The Morgan fingerprint density at radius 1 is 0.720 bits per heavy atom. The molecule has 0 saturated carbocycles. The van der Waals surface area contributed by atoms with Gasteiger partial charge < -0.3 is 10.2 Å². The standard InChI is InChI=1S/C22H44O3/c1-3-4-14-18-21(23)20(2)17-15-12-10-8-6-5-7-9-11-13-16-19-22(24)25/h20-21,23H,3-19H2,1-2H3,(H,24,25)/t20-,21-/m1/s1. The quantitative estimate of drug-likeness (QED) is 0.253. The summed E-state index contributed by atoms with van der Waals surface area (Å²) in [5, 5.41) is 18.7.